The molecule has 2 heterocycles. The molecule has 1 aliphatic heterocycles. The molecule has 1 saturated heterocycles. The Labute approximate surface area is 162 Å². The summed E-state index contributed by atoms with van der Waals surface area (Å²) in [5.74, 6) is 1.69. The Morgan fingerprint density at radius 2 is 2.17 bits per heavy atom. The number of aromatic nitrogens is 2. The molecule has 1 unspecified atom stereocenters. The second-order valence-corrected chi connectivity index (χ2v) is 6.65. The van der Waals surface area contributed by atoms with E-state index in [4.69, 9.17) is 4.99 Å². The van der Waals surface area contributed by atoms with Gasteiger partial charge in [-0.2, -0.15) is 5.10 Å². The molecule has 0 spiro atoms. The molecule has 1 aromatic rings. The minimum atomic E-state index is 0. The first-order valence-electron chi connectivity index (χ1n) is 9.09. The van der Waals surface area contributed by atoms with E-state index in [0.717, 1.165) is 50.5 Å². The van der Waals surface area contributed by atoms with E-state index in [9.17, 15) is 0 Å². The number of halogens is 1. The third kappa shape index (κ3) is 6.23. The van der Waals surface area contributed by atoms with Gasteiger partial charge in [0.1, 0.15) is 0 Å². The topological polar surface area (TPSA) is 57.5 Å². The Bertz CT molecular complexity index is 485. The fourth-order valence-electron chi connectivity index (χ4n) is 3.23. The van der Waals surface area contributed by atoms with Gasteiger partial charge in [0.15, 0.2) is 5.96 Å². The van der Waals surface area contributed by atoms with Crippen LogP contribution in [0.1, 0.15) is 32.6 Å². The van der Waals surface area contributed by atoms with Crippen molar-refractivity contribution in [1.29, 1.82) is 0 Å². The second-order valence-electron chi connectivity index (χ2n) is 6.65. The third-order valence-corrected chi connectivity index (χ3v) is 4.65. The fraction of sp³-hybridized carbons (Fsp3) is 0.765. The van der Waals surface area contributed by atoms with Crippen LogP contribution in [-0.2, 0) is 6.54 Å². The standard InChI is InChI=1S/C17H30N6.HI/c1-2-18-17(19-8-3-10-23-11-4-9-21-23)20-13-15-7-12-22(14-15)16-5-6-16;/h4,9,11,15-16H,2-3,5-8,10,12-14H2,1H3,(H2,18,19,20);1H. The van der Waals surface area contributed by atoms with Crippen LogP contribution in [0.5, 0.6) is 0 Å². The summed E-state index contributed by atoms with van der Waals surface area (Å²) in [4.78, 5) is 7.45. The Balaban J connectivity index is 0.00000208. The molecule has 1 aromatic heterocycles. The smallest absolute Gasteiger partial charge is 0.191 e. The number of aryl methyl sites for hydroxylation is 1. The Morgan fingerprint density at radius 3 is 2.88 bits per heavy atom. The number of hydrogen-bond acceptors (Lipinski definition) is 3. The van der Waals surface area contributed by atoms with Crippen LogP contribution < -0.4 is 10.6 Å². The van der Waals surface area contributed by atoms with Crippen molar-refractivity contribution in [3.63, 3.8) is 0 Å². The summed E-state index contributed by atoms with van der Waals surface area (Å²) in [5.41, 5.74) is 0. The third-order valence-electron chi connectivity index (χ3n) is 4.65. The molecule has 3 rings (SSSR count). The second kappa shape index (κ2) is 10.2. The zero-order valence-corrected chi connectivity index (χ0v) is 17.0. The molecular formula is C17H31IN6. The summed E-state index contributed by atoms with van der Waals surface area (Å²) in [6.45, 7) is 8.35. The van der Waals surface area contributed by atoms with Crippen molar-refractivity contribution in [2.24, 2.45) is 10.9 Å². The van der Waals surface area contributed by atoms with Gasteiger partial charge in [0.2, 0.25) is 0 Å². The van der Waals surface area contributed by atoms with Crippen LogP contribution in [-0.4, -0.2) is 59.4 Å². The highest BCUT2D eigenvalue weighted by Gasteiger charge is 2.34. The van der Waals surface area contributed by atoms with Gasteiger partial charge >= 0.3 is 0 Å². The van der Waals surface area contributed by atoms with Crippen molar-refractivity contribution in [2.45, 2.75) is 45.2 Å². The molecule has 1 saturated carbocycles. The number of guanidine groups is 1. The summed E-state index contributed by atoms with van der Waals surface area (Å²) in [5, 5.41) is 11.0. The molecule has 0 amide bonds. The van der Waals surface area contributed by atoms with Crippen molar-refractivity contribution >= 4 is 29.9 Å². The lowest BCUT2D eigenvalue weighted by Gasteiger charge is -2.15. The number of nitrogens with zero attached hydrogens (tertiary/aromatic N) is 4. The summed E-state index contributed by atoms with van der Waals surface area (Å²) < 4.78 is 1.97. The lowest BCUT2D eigenvalue weighted by Crippen LogP contribution is -2.38. The summed E-state index contributed by atoms with van der Waals surface area (Å²) in [7, 11) is 0. The molecule has 1 atom stereocenters. The normalized spacial score (nSPS) is 21.5. The van der Waals surface area contributed by atoms with E-state index in [-0.39, 0.29) is 24.0 Å². The van der Waals surface area contributed by atoms with Gasteiger partial charge in [-0.3, -0.25) is 9.67 Å². The maximum atomic E-state index is 4.79. The molecule has 2 aliphatic rings. The predicted octanol–water partition coefficient (Wildman–Crippen LogP) is 1.93. The minimum absolute atomic E-state index is 0. The van der Waals surface area contributed by atoms with E-state index in [1.165, 1.54) is 32.4 Å². The highest BCUT2D eigenvalue weighted by Crippen LogP contribution is 2.31. The quantitative estimate of drug-likeness (QED) is 0.277. The highest BCUT2D eigenvalue weighted by molar-refractivity contribution is 14.0. The molecule has 6 nitrogen and oxygen atoms in total. The van der Waals surface area contributed by atoms with Crippen LogP contribution >= 0.6 is 24.0 Å². The van der Waals surface area contributed by atoms with E-state index >= 15 is 0 Å². The van der Waals surface area contributed by atoms with Gasteiger partial charge in [-0.1, -0.05) is 0 Å². The Hall–Kier alpha value is -0.830. The van der Waals surface area contributed by atoms with Gasteiger partial charge in [0, 0.05) is 51.2 Å². The van der Waals surface area contributed by atoms with Crippen LogP contribution in [0.15, 0.2) is 23.5 Å². The molecule has 1 aliphatic carbocycles. The van der Waals surface area contributed by atoms with Crippen LogP contribution in [0.4, 0.5) is 0 Å². The van der Waals surface area contributed by atoms with Gasteiger partial charge in [0.25, 0.3) is 0 Å². The van der Waals surface area contributed by atoms with E-state index in [1.807, 2.05) is 23.1 Å². The van der Waals surface area contributed by atoms with E-state index in [0.29, 0.717) is 0 Å². The molecule has 7 heteroatoms. The van der Waals surface area contributed by atoms with Gasteiger partial charge in [-0.15, -0.1) is 24.0 Å². The van der Waals surface area contributed by atoms with Crippen molar-refractivity contribution in [1.82, 2.24) is 25.3 Å². The molecule has 0 bridgehead atoms. The average molecular weight is 446 g/mol. The van der Waals surface area contributed by atoms with Crippen LogP contribution in [0.3, 0.4) is 0 Å². The van der Waals surface area contributed by atoms with Crippen molar-refractivity contribution in [3.8, 4) is 0 Å². The van der Waals surface area contributed by atoms with Crippen molar-refractivity contribution < 1.29 is 0 Å². The van der Waals surface area contributed by atoms with E-state index < -0.39 is 0 Å². The maximum Gasteiger partial charge on any atom is 0.191 e. The lowest BCUT2D eigenvalue weighted by molar-refractivity contribution is 0.315. The monoisotopic (exact) mass is 446 g/mol. The first-order valence-corrected chi connectivity index (χ1v) is 9.09. The minimum Gasteiger partial charge on any atom is -0.357 e. The van der Waals surface area contributed by atoms with Gasteiger partial charge < -0.3 is 15.5 Å². The molecule has 0 aromatic carbocycles. The number of likely N-dealkylation sites (tertiary alicyclic amines) is 1. The first kappa shape index (κ1) is 19.5. The summed E-state index contributed by atoms with van der Waals surface area (Å²) in [6.07, 6.45) is 9.01. The predicted molar refractivity (Wildman–Crippen MR) is 109 cm³/mol. The number of nitrogens with one attached hydrogen (secondary N) is 2. The Morgan fingerprint density at radius 1 is 1.29 bits per heavy atom. The molecule has 2 fully saturated rings. The fourth-order valence-corrected chi connectivity index (χ4v) is 3.23. The lowest BCUT2D eigenvalue weighted by atomic mass is 10.1. The highest BCUT2D eigenvalue weighted by atomic mass is 127. The molecule has 2 N–H and O–H groups in total. The van der Waals surface area contributed by atoms with Gasteiger partial charge in [0.05, 0.1) is 0 Å². The van der Waals surface area contributed by atoms with Crippen molar-refractivity contribution in [3.05, 3.63) is 18.5 Å². The SMILES string of the molecule is CCNC(=NCC1CCN(C2CC2)C1)NCCCn1cccn1.I. The van der Waals surface area contributed by atoms with Crippen LogP contribution in [0.2, 0.25) is 0 Å². The summed E-state index contributed by atoms with van der Waals surface area (Å²) >= 11 is 0. The largest absolute Gasteiger partial charge is 0.357 e. The number of rotatable bonds is 8. The van der Waals surface area contributed by atoms with Crippen molar-refractivity contribution in [2.75, 3.05) is 32.7 Å². The average Bonchev–Trinajstić information content (AvgIpc) is 3.09. The molecule has 136 valence electrons. The zero-order chi connectivity index (χ0) is 15.9. The van der Waals surface area contributed by atoms with Crippen LogP contribution in [0.25, 0.3) is 0 Å². The van der Waals surface area contributed by atoms with E-state index in [1.54, 1.807) is 0 Å². The van der Waals surface area contributed by atoms with Gasteiger partial charge in [-0.25, -0.2) is 0 Å². The first-order chi connectivity index (χ1) is 11.3. The zero-order valence-electron chi connectivity index (χ0n) is 14.7. The van der Waals surface area contributed by atoms with E-state index in [2.05, 4.69) is 27.6 Å². The Kier molecular flexibility index (Phi) is 8.31. The summed E-state index contributed by atoms with van der Waals surface area (Å²) in [6, 6.07) is 2.86. The molecule has 0 radical (unpaired) electrons. The van der Waals surface area contributed by atoms with Crippen LogP contribution in [0, 0.1) is 5.92 Å². The number of hydrogen-bond donors (Lipinski definition) is 2. The van der Waals surface area contributed by atoms with Gasteiger partial charge in [-0.05, 0) is 51.1 Å². The maximum absolute atomic E-state index is 4.79. The molecule has 24 heavy (non-hydrogen) atoms. The molecular weight excluding hydrogens is 415 g/mol. The number of aliphatic imine (C=N–C) groups is 1.